The largest absolute Gasteiger partial charge is 0.461 e. The van der Waals surface area contributed by atoms with E-state index in [0.717, 1.165) is 5.57 Å². The molecule has 1 unspecified atom stereocenters. The van der Waals surface area contributed by atoms with Gasteiger partial charge in [-0.25, -0.2) is 4.79 Å². The van der Waals surface area contributed by atoms with Crippen LogP contribution in [-0.2, 0) is 23.9 Å². The van der Waals surface area contributed by atoms with E-state index in [1.807, 2.05) is 19.9 Å². The fraction of sp³-hybridized carbons (Fsp3) is 0.632. The van der Waals surface area contributed by atoms with Gasteiger partial charge in [-0.2, -0.15) is 0 Å². The first kappa shape index (κ1) is 18.4. The minimum Gasteiger partial charge on any atom is -0.461 e. The maximum Gasteiger partial charge on any atom is 0.334 e. The Bertz CT molecular complexity index is 587. The summed E-state index contributed by atoms with van der Waals surface area (Å²) in [4.78, 5) is 36.3. The van der Waals surface area contributed by atoms with E-state index in [1.165, 1.54) is 0 Å². The molecule has 0 aromatic heterocycles. The van der Waals surface area contributed by atoms with Gasteiger partial charge in [-0.05, 0) is 13.3 Å². The lowest BCUT2D eigenvalue weighted by Gasteiger charge is -2.30. The van der Waals surface area contributed by atoms with Crippen molar-refractivity contribution in [3.8, 4) is 0 Å². The summed E-state index contributed by atoms with van der Waals surface area (Å²) in [6.45, 7) is 11.1. The zero-order valence-electron chi connectivity index (χ0n) is 14.8. The number of rotatable bonds is 2. The highest BCUT2D eigenvalue weighted by molar-refractivity contribution is 5.91. The molecule has 5 nitrogen and oxygen atoms in total. The van der Waals surface area contributed by atoms with E-state index >= 15 is 0 Å². The van der Waals surface area contributed by atoms with Gasteiger partial charge in [-0.1, -0.05) is 39.0 Å². The van der Waals surface area contributed by atoms with Crippen LogP contribution < -0.4 is 0 Å². The van der Waals surface area contributed by atoms with Crippen molar-refractivity contribution >= 4 is 17.7 Å². The molecule has 4 atom stereocenters. The van der Waals surface area contributed by atoms with Crippen molar-refractivity contribution in [3.63, 3.8) is 0 Å². The second-order valence-electron chi connectivity index (χ2n) is 7.19. The molecule has 0 N–H and O–H groups in total. The normalized spacial score (nSPS) is 33.5. The molecule has 1 heterocycles. The Hall–Kier alpha value is -1.91. The van der Waals surface area contributed by atoms with Crippen molar-refractivity contribution in [2.24, 2.45) is 17.8 Å². The van der Waals surface area contributed by atoms with Crippen LogP contribution in [0.15, 0.2) is 23.8 Å². The van der Waals surface area contributed by atoms with Crippen molar-refractivity contribution in [1.82, 2.24) is 0 Å². The number of carbonyl (C=O) groups excluding carboxylic acids is 3. The molecule has 1 saturated heterocycles. The van der Waals surface area contributed by atoms with Gasteiger partial charge in [-0.3, -0.25) is 9.59 Å². The fourth-order valence-electron chi connectivity index (χ4n) is 3.19. The molecular formula is C19H26O5. The number of ether oxygens (including phenoxy) is 2. The molecule has 0 spiro atoms. The van der Waals surface area contributed by atoms with Crippen molar-refractivity contribution in [3.05, 3.63) is 23.8 Å². The highest BCUT2D eigenvalue weighted by atomic mass is 16.6. The lowest BCUT2D eigenvalue weighted by atomic mass is 9.81. The summed E-state index contributed by atoms with van der Waals surface area (Å²) in [5.74, 6) is -1.53. The number of carbonyl (C=O) groups is 3. The van der Waals surface area contributed by atoms with Crippen molar-refractivity contribution in [2.45, 2.75) is 59.2 Å². The van der Waals surface area contributed by atoms with Gasteiger partial charge < -0.3 is 9.47 Å². The van der Waals surface area contributed by atoms with E-state index in [-0.39, 0.29) is 23.6 Å². The van der Waals surface area contributed by atoms with E-state index in [4.69, 9.17) is 9.47 Å². The number of Topliss-reactive ketones (excluding diaryl/α,β-unsaturated/α-hetero) is 1. The van der Waals surface area contributed by atoms with E-state index in [9.17, 15) is 14.4 Å². The average Bonchev–Trinajstić information content (AvgIpc) is 2.77. The van der Waals surface area contributed by atoms with Gasteiger partial charge in [0.25, 0.3) is 0 Å². The molecule has 2 aliphatic rings. The third-order valence-electron chi connectivity index (χ3n) is 4.77. The number of esters is 2. The molecule has 0 radical (unpaired) electrons. The number of hydrogen-bond donors (Lipinski definition) is 0. The van der Waals surface area contributed by atoms with Crippen molar-refractivity contribution in [2.75, 3.05) is 0 Å². The van der Waals surface area contributed by atoms with Gasteiger partial charge in [0, 0.05) is 24.3 Å². The molecular weight excluding hydrogens is 308 g/mol. The van der Waals surface area contributed by atoms with E-state index < -0.39 is 24.1 Å². The summed E-state index contributed by atoms with van der Waals surface area (Å²) in [5, 5.41) is 0. The van der Waals surface area contributed by atoms with Gasteiger partial charge in [0.05, 0.1) is 11.8 Å². The molecule has 0 bridgehead atoms. The van der Waals surface area contributed by atoms with Gasteiger partial charge in [0.15, 0.2) is 0 Å². The Morgan fingerprint density at radius 1 is 1.38 bits per heavy atom. The molecule has 132 valence electrons. The maximum absolute atomic E-state index is 12.2. The second-order valence-corrected chi connectivity index (χ2v) is 7.19. The van der Waals surface area contributed by atoms with Crippen LogP contribution in [0.2, 0.25) is 0 Å². The van der Waals surface area contributed by atoms with E-state index in [2.05, 4.69) is 6.58 Å². The highest BCUT2D eigenvalue weighted by Gasteiger charge is 2.46. The first-order chi connectivity index (χ1) is 11.2. The molecule has 0 amide bonds. The predicted molar refractivity (Wildman–Crippen MR) is 89.0 cm³/mol. The molecule has 5 heteroatoms. The first-order valence-corrected chi connectivity index (χ1v) is 8.49. The smallest absolute Gasteiger partial charge is 0.334 e. The molecule has 0 aromatic rings. The topological polar surface area (TPSA) is 69.7 Å². The summed E-state index contributed by atoms with van der Waals surface area (Å²) in [5.41, 5.74) is 1.29. The summed E-state index contributed by atoms with van der Waals surface area (Å²) >= 11 is 0. The lowest BCUT2D eigenvalue weighted by molar-refractivity contribution is -0.156. The molecule has 0 aromatic carbocycles. The Morgan fingerprint density at radius 2 is 2.04 bits per heavy atom. The third-order valence-corrected chi connectivity index (χ3v) is 4.77. The van der Waals surface area contributed by atoms with E-state index in [0.29, 0.717) is 24.8 Å². The first-order valence-electron chi connectivity index (χ1n) is 8.49. The Balaban J connectivity index is 2.36. The quantitative estimate of drug-likeness (QED) is 0.441. The lowest BCUT2D eigenvalue weighted by Crippen LogP contribution is -2.36. The van der Waals surface area contributed by atoms with Crippen LogP contribution in [0.3, 0.4) is 0 Å². The molecule has 0 saturated carbocycles. The molecule has 24 heavy (non-hydrogen) atoms. The molecule has 1 aliphatic carbocycles. The minimum absolute atomic E-state index is 0.124. The van der Waals surface area contributed by atoms with Crippen LogP contribution in [0, 0.1) is 17.8 Å². The van der Waals surface area contributed by atoms with Crippen molar-refractivity contribution in [1.29, 1.82) is 0 Å². The number of ketones is 1. The highest BCUT2D eigenvalue weighted by Crippen LogP contribution is 2.38. The molecule has 1 fully saturated rings. The van der Waals surface area contributed by atoms with Crippen molar-refractivity contribution < 1.29 is 23.9 Å². The average molecular weight is 334 g/mol. The Labute approximate surface area is 143 Å². The summed E-state index contributed by atoms with van der Waals surface area (Å²) in [7, 11) is 0. The van der Waals surface area contributed by atoms with Crippen LogP contribution >= 0.6 is 0 Å². The second kappa shape index (κ2) is 7.32. The number of allylic oxidation sites excluding steroid dienone is 1. The van der Waals surface area contributed by atoms with Gasteiger partial charge >= 0.3 is 11.9 Å². The van der Waals surface area contributed by atoms with Gasteiger partial charge in [0.2, 0.25) is 0 Å². The van der Waals surface area contributed by atoms with Crippen LogP contribution in [0.4, 0.5) is 0 Å². The Kier molecular flexibility index (Phi) is 5.62. The van der Waals surface area contributed by atoms with Crippen LogP contribution in [0.5, 0.6) is 0 Å². The van der Waals surface area contributed by atoms with Gasteiger partial charge in [-0.15, -0.1) is 0 Å². The number of fused-ring (bicyclic) bond motifs is 1. The maximum atomic E-state index is 12.2. The standard InChI is InChI=1S/C19H26O5/c1-10(2)18(21)23-15-8-11(3)6-7-14(20)12(4)9-16-17(15)13(5)19(22)24-16/h6,10,12,15-17H,5,7-9H2,1-4H3/b11-6-/t12-,15?,16-,17-/m1/s1. The summed E-state index contributed by atoms with van der Waals surface area (Å²) in [6.07, 6.45) is 2.16. The Morgan fingerprint density at radius 3 is 2.67 bits per heavy atom. The zero-order chi connectivity index (χ0) is 18.0. The summed E-state index contributed by atoms with van der Waals surface area (Å²) in [6, 6.07) is 0. The van der Waals surface area contributed by atoms with Crippen LogP contribution in [-0.4, -0.2) is 29.9 Å². The third kappa shape index (κ3) is 3.94. The molecule has 2 rings (SSSR count). The number of hydrogen-bond acceptors (Lipinski definition) is 5. The summed E-state index contributed by atoms with van der Waals surface area (Å²) < 4.78 is 11.1. The van der Waals surface area contributed by atoms with Gasteiger partial charge in [0.1, 0.15) is 18.0 Å². The predicted octanol–water partition coefficient (Wildman–Crippen LogP) is 2.99. The zero-order valence-corrected chi connectivity index (χ0v) is 14.8. The monoisotopic (exact) mass is 334 g/mol. The minimum atomic E-state index is -0.500. The SMILES string of the molecule is C=C1C(=O)O[C@@H]2C[C@@H](C)C(=O)C/C=C(/C)CC(OC(=O)C(C)C)[C@@H]12. The van der Waals surface area contributed by atoms with E-state index in [1.54, 1.807) is 13.8 Å². The fourth-order valence-corrected chi connectivity index (χ4v) is 3.19. The van der Waals surface area contributed by atoms with Crippen LogP contribution in [0.25, 0.3) is 0 Å². The van der Waals surface area contributed by atoms with Crippen LogP contribution in [0.1, 0.15) is 47.0 Å². The molecule has 1 aliphatic heterocycles.